The van der Waals surface area contributed by atoms with Gasteiger partial charge in [0.25, 0.3) is 0 Å². The van der Waals surface area contributed by atoms with Crippen molar-refractivity contribution in [1.29, 1.82) is 0 Å². The lowest BCUT2D eigenvalue weighted by atomic mass is 9.97. The summed E-state index contributed by atoms with van der Waals surface area (Å²) in [6, 6.07) is 4.21. The third-order valence-electron chi connectivity index (χ3n) is 3.02. The molecule has 0 spiro atoms. The van der Waals surface area contributed by atoms with Gasteiger partial charge < -0.3 is 20.3 Å². The van der Waals surface area contributed by atoms with Gasteiger partial charge in [-0.3, -0.25) is 0 Å². The first-order valence-electron chi connectivity index (χ1n) is 7.32. The van der Waals surface area contributed by atoms with Gasteiger partial charge in [-0.25, -0.2) is 9.18 Å². The zero-order chi connectivity index (χ0) is 17.6. The number of hydrogen-bond donors (Lipinski definition) is 3. The molecule has 0 bridgehead atoms. The number of carbonyl (C=O) groups is 1. The first kappa shape index (κ1) is 19.7. The molecule has 0 saturated heterocycles. The van der Waals surface area contributed by atoms with E-state index >= 15 is 0 Å². The van der Waals surface area contributed by atoms with Crippen LogP contribution in [-0.2, 0) is 4.74 Å². The second-order valence-corrected chi connectivity index (χ2v) is 6.74. The first-order chi connectivity index (χ1) is 10.7. The Bertz CT molecular complexity index is 533. The van der Waals surface area contributed by atoms with E-state index in [9.17, 15) is 14.3 Å². The van der Waals surface area contributed by atoms with Crippen LogP contribution < -0.4 is 5.32 Å². The predicted octanol–water partition coefficient (Wildman–Crippen LogP) is 3.05. The van der Waals surface area contributed by atoms with Gasteiger partial charge in [-0.1, -0.05) is 12.1 Å². The SMILES string of the molecule is CC(C)(C)NC(=O)OCCC(O)c1c(F)cccc1C(Cl)CO. The monoisotopic (exact) mass is 347 g/mol. The Morgan fingerprint density at radius 3 is 2.65 bits per heavy atom. The fourth-order valence-electron chi connectivity index (χ4n) is 2.03. The highest BCUT2D eigenvalue weighted by Gasteiger charge is 2.22. The Labute approximate surface area is 140 Å². The van der Waals surface area contributed by atoms with Gasteiger partial charge in [0.1, 0.15) is 5.82 Å². The van der Waals surface area contributed by atoms with Crippen LogP contribution >= 0.6 is 11.6 Å². The van der Waals surface area contributed by atoms with Crippen molar-refractivity contribution in [2.75, 3.05) is 13.2 Å². The molecule has 5 nitrogen and oxygen atoms in total. The van der Waals surface area contributed by atoms with Crippen molar-refractivity contribution in [2.45, 2.75) is 44.2 Å². The van der Waals surface area contributed by atoms with E-state index in [0.29, 0.717) is 5.56 Å². The van der Waals surface area contributed by atoms with Crippen LogP contribution in [0, 0.1) is 5.82 Å². The number of aliphatic hydroxyl groups is 2. The molecule has 0 aliphatic rings. The fourth-order valence-corrected chi connectivity index (χ4v) is 2.22. The maximum Gasteiger partial charge on any atom is 0.407 e. The maximum absolute atomic E-state index is 14.0. The summed E-state index contributed by atoms with van der Waals surface area (Å²) in [6.45, 7) is 4.97. The molecule has 23 heavy (non-hydrogen) atoms. The van der Waals surface area contributed by atoms with Crippen molar-refractivity contribution in [1.82, 2.24) is 5.32 Å². The van der Waals surface area contributed by atoms with Crippen molar-refractivity contribution in [3.05, 3.63) is 35.1 Å². The Morgan fingerprint density at radius 2 is 2.09 bits per heavy atom. The number of ether oxygens (including phenoxy) is 1. The van der Waals surface area contributed by atoms with Crippen molar-refractivity contribution < 1.29 is 24.1 Å². The summed E-state index contributed by atoms with van der Waals surface area (Å²) < 4.78 is 18.9. The lowest BCUT2D eigenvalue weighted by Gasteiger charge is -2.21. The zero-order valence-electron chi connectivity index (χ0n) is 13.5. The van der Waals surface area contributed by atoms with Crippen LogP contribution in [0.4, 0.5) is 9.18 Å². The van der Waals surface area contributed by atoms with Gasteiger partial charge in [-0.05, 0) is 32.4 Å². The molecule has 1 aromatic rings. The minimum Gasteiger partial charge on any atom is -0.449 e. The van der Waals surface area contributed by atoms with E-state index < -0.39 is 28.9 Å². The summed E-state index contributed by atoms with van der Waals surface area (Å²) in [4.78, 5) is 11.5. The number of halogens is 2. The van der Waals surface area contributed by atoms with Crippen LogP contribution in [-0.4, -0.2) is 35.1 Å². The molecule has 2 unspecified atom stereocenters. The fraction of sp³-hybridized carbons (Fsp3) is 0.562. The number of amides is 1. The topological polar surface area (TPSA) is 78.8 Å². The van der Waals surface area contributed by atoms with Crippen molar-refractivity contribution in [3.63, 3.8) is 0 Å². The standard InChI is InChI=1S/C16H23ClFNO4/c1-16(2,3)19-15(22)23-8-7-13(21)14-10(11(17)9-20)5-4-6-12(14)18/h4-6,11,13,20-21H,7-9H2,1-3H3,(H,19,22). The molecule has 7 heteroatoms. The molecule has 3 N–H and O–H groups in total. The van der Waals surface area contributed by atoms with Crippen LogP contribution in [0.5, 0.6) is 0 Å². The van der Waals surface area contributed by atoms with E-state index in [0.717, 1.165) is 0 Å². The van der Waals surface area contributed by atoms with Crippen molar-refractivity contribution in [3.8, 4) is 0 Å². The van der Waals surface area contributed by atoms with Gasteiger partial charge in [-0.2, -0.15) is 0 Å². The molecule has 0 aliphatic heterocycles. The highest BCUT2D eigenvalue weighted by molar-refractivity contribution is 6.21. The minimum atomic E-state index is -1.19. The van der Waals surface area contributed by atoms with Gasteiger partial charge in [0.2, 0.25) is 0 Å². The summed E-state index contributed by atoms with van der Waals surface area (Å²) >= 11 is 5.95. The first-order valence-corrected chi connectivity index (χ1v) is 7.75. The molecule has 0 radical (unpaired) electrons. The molecule has 130 valence electrons. The smallest absolute Gasteiger partial charge is 0.407 e. The lowest BCUT2D eigenvalue weighted by Crippen LogP contribution is -2.41. The van der Waals surface area contributed by atoms with E-state index in [1.807, 2.05) is 20.8 Å². The molecule has 0 aliphatic carbocycles. The average Bonchev–Trinajstić information content (AvgIpc) is 2.43. The highest BCUT2D eigenvalue weighted by Crippen LogP contribution is 2.31. The van der Waals surface area contributed by atoms with Crippen LogP contribution in [0.15, 0.2) is 18.2 Å². The second kappa shape index (κ2) is 8.47. The third kappa shape index (κ3) is 6.33. The summed E-state index contributed by atoms with van der Waals surface area (Å²) in [5.41, 5.74) is -0.0938. The Morgan fingerprint density at radius 1 is 1.43 bits per heavy atom. The predicted molar refractivity (Wildman–Crippen MR) is 85.9 cm³/mol. The molecule has 0 heterocycles. The Balaban J connectivity index is 2.68. The summed E-state index contributed by atoms with van der Waals surface area (Å²) in [7, 11) is 0. The second-order valence-electron chi connectivity index (χ2n) is 6.21. The van der Waals surface area contributed by atoms with Gasteiger partial charge in [0.15, 0.2) is 0 Å². The molecule has 0 fully saturated rings. The molecule has 0 saturated carbocycles. The number of carbonyl (C=O) groups excluding carboxylic acids is 1. The highest BCUT2D eigenvalue weighted by atomic mass is 35.5. The normalized spacial score (nSPS) is 14.2. The van der Waals surface area contributed by atoms with Crippen LogP contribution in [0.3, 0.4) is 0 Å². The molecular formula is C16H23ClFNO4. The minimum absolute atomic E-state index is 0.0144. The average molecular weight is 348 g/mol. The molecule has 0 aromatic heterocycles. The van der Waals surface area contributed by atoms with Crippen molar-refractivity contribution in [2.24, 2.45) is 0 Å². The number of aliphatic hydroxyl groups excluding tert-OH is 2. The maximum atomic E-state index is 14.0. The van der Waals surface area contributed by atoms with Gasteiger partial charge >= 0.3 is 6.09 Å². The van der Waals surface area contributed by atoms with Gasteiger partial charge in [0, 0.05) is 17.5 Å². The summed E-state index contributed by atoms with van der Waals surface area (Å²) in [6.07, 6.45) is -1.79. The van der Waals surface area contributed by atoms with Gasteiger partial charge in [0.05, 0.1) is 24.7 Å². The number of alkyl carbamates (subject to hydrolysis) is 1. The molecule has 2 atom stereocenters. The quantitative estimate of drug-likeness (QED) is 0.691. The molecule has 1 amide bonds. The number of benzene rings is 1. The van der Waals surface area contributed by atoms with E-state index in [4.69, 9.17) is 21.4 Å². The van der Waals surface area contributed by atoms with Crippen LogP contribution in [0.1, 0.15) is 49.8 Å². The summed E-state index contributed by atoms with van der Waals surface area (Å²) in [5.74, 6) is -0.617. The van der Waals surface area contributed by atoms with E-state index in [-0.39, 0.29) is 25.2 Å². The number of rotatable bonds is 6. The zero-order valence-corrected chi connectivity index (χ0v) is 14.2. The summed E-state index contributed by atoms with van der Waals surface area (Å²) in [5, 5.41) is 21.1. The number of nitrogens with one attached hydrogen (secondary N) is 1. The molecule has 1 rings (SSSR count). The Kier molecular flexibility index (Phi) is 7.25. The Hall–Kier alpha value is -1.37. The van der Waals surface area contributed by atoms with E-state index in [1.165, 1.54) is 12.1 Å². The molecule has 1 aromatic carbocycles. The van der Waals surface area contributed by atoms with Crippen LogP contribution in [0.2, 0.25) is 0 Å². The van der Waals surface area contributed by atoms with Crippen molar-refractivity contribution >= 4 is 17.7 Å². The van der Waals surface area contributed by atoms with E-state index in [2.05, 4.69) is 5.32 Å². The molecular weight excluding hydrogens is 325 g/mol. The lowest BCUT2D eigenvalue weighted by molar-refractivity contribution is 0.0993. The largest absolute Gasteiger partial charge is 0.449 e. The van der Waals surface area contributed by atoms with Crippen LogP contribution in [0.25, 0.3) is 0 Å². The van der Waals surface area contributed by atoms with Gasteiger partial charge in [-0.15, -0.1) is 11.6 Å². The number of alkyl halides is 1. The number of hydrogen-bond acceptors (Lipinski definition) is 4. The third-order valence-corrected chi connectivity index (χ3v) is 3.39. The van der Waals surface area contributed by atoms with E-state index in [1.54, 1.807) is 6.07 Å².